The number of benzene rings is 1. The zero-order valence-electron chi connectivity index (χ0n) is 12.1. The van der Waals surface area contributed by atoms with Crippen molar-refractivity contribution >= 4 is 29.2 Å². The molecule has 2 aliphatic heterocycles. The second kappa shape index (κ2) is 5.59. The monoisotopic (exact) mass is 316 g/mol. The number of anilines is 1. The van der Waals surface area contributed by atoms with Gasteiger partial charge in [-0.3, -0.25) is 9.59 Å². The molecule has 2 heterocycles. The minimum atomic E-state index is -1.25. The smallest absolute Gasteiger partial charge is 0.355 e. The van der Waals surface area contributed by atoms with Crippen molar-refractivity contribution in [3.63, 3.8) is 0 Å². The fourth-order valence-electron chi connectivity index (χ4n) is 2.66. The highest BCUT2D eigenvalue weighted by Gasteiger charge is 2.59. The van der Waals surface area contributed by atoms with Crippen LogP contribution in [0.3, 0.4) is 0 Å². The highest BCUT2D eigenvalue weighted by Crippen LogP contribution is 2.35. The molecule has 0 saturated carbocycles. The van der Waals surface area contributed by atoms with E-state index in [1.54, 1.807) is 37.3 Å². The van der Waals surface area contributed by atoms with Gasteiger partial charge in [0.05, 0.1) is 17.6 Å². The molecule has 0 bridgehead atoms. The van der Waals surface area contributed by atoms with Gasteiger partial charge >= 0.3 is 5.97 Å². The maximum atomic E-state index is 12.6. The predicted octanol–water partition coefficient (Wildman–Crippen LogP) is 0.461. The molecule has 0 spiro atoms. The zero-order valence-corrected chi connectivity index (χ0v) is 12.1. The van der Waals surface area contributed by atoms with Gasteiger partial charge in [0.1, 0.15) is 5.92 Å². The molecule has 118 valence electrons. The zero-order chi connectivity index (χ0) is 16.6. The Hall–Kier alpha value is -3.10. The summed E-state index contributed by atoms with van der Waals surface area (Å²) in [5, 5.41) is 6.85. The highest BCUT2D eigenvalue weighted by atomic mass is 16.5. The second-order valence-electron chi connectivity index (χ2n) is 4.88. The fourth-order valence-corrected chi connectivity index (χ4v) is 2.66. The van der Waals surface area contributed by atoms with Crippen molar-refractivity contribution in [1.82, 2.24) is 5.12 Å². The van der Waals surface area contributed by atoms with Gasteiger partial charge in [-0.25, -0.2) is 9.69 Å². The number of amides is 2. The van der Waals surface area contributed by atoms with E-state index in [0.29, 0.717) is 10.8 Å². The van der Waals surface area contributed by atoms with Crippen molar-refractivity contribution in [3.8, 4) is 0 Å². The number of hydrogen-bond acceptors (Lipinski definition) is 7. The number of ether oxygens (including phenoxy) is 1. The van der Waals surface area contributed by atoms with Crippen LogP contribution in [0.2, 0.25) is 0 Å². The summed E-state index contributed by atoms with van der Waals surface area (Å²) in [6.45, 7) is 1.67. The number of nitrogens with zero attached hydrogens (tertiary/aromatic N) is 4. The van der Waals surface area contributed by atoms with Crippen LogP contribution < -0.4 is 4.90 Å². The molecule has 0 radical (unpaired) electrons. The first-order chi connectivity index (χ1) is 11.1. The Balaban J connectivity index is 2.01. The summed E-state index contributed by atoms with van der Waals surface area (Å²) in [6.07, 6.45) is 0. The average molecular weight is 316 g/mol. The molecular formula is C14H12N4O5. The van der Waals surface area contributed by atoms with Crippen LogP contribution in [0.4, 0.5) is 5.69 Å². The van der Waals surface area contributed by atoms with Gasteiger partial charge in [0.25, 0.3) is 5.91 Å². The number of imide groups is 1. The maximum absolute atomic E-state index is 12.6. The van der Waals surface area contributed by atoms with E-state index in [1.165, 1.54) is 0 Å². The summed E-state index contributed by atoms with van der Waals surface area (Å²) in [5.74, 6) is -3.33. The van der Waals surface area contributed by atoms with E-state index in [2.05, 4.69) is 10.4 Å². The van der Waals surface area contributed by atoms with Gasteiger partial charge in [-0.2, -0.15) is 0 Å². The first-order valence-corrected chi connectivity index (χ1v) is 6.91. The minimum Gasteiger partial charge on any atom is -0.461 e. The molecule has 1 aromatic rings. The van der Waals surface area contributed by atoms with Crippen LogP contribution in [-0.2, 0) is 19.1 Å². The standard InChI is InChI=1S/C14H12N4O5/c1-2-23-14(21)10-9-11(18(15-10)16-22)13(20)17(12(9)19)8-6-4-3-5-7-8/h3-7,9,11H,2H2,1H3/t9-,11-/m0/s1. The molecule has 2 aliphatic rings. The van der Waals surface area contributed by atoms with Crippen LogP contribution in [0.25, 0.3) is 0 Å². The first kappa shape index (κ1) is 14.8. The number of nitroso groups, excluding NO2 is 1. The topological polar surface area (TPSA) is 109 Å². The Morgan fingerprint density at radius 3 is 2.57 bits per heavy atom. The Bertz CT molecular complexity index is 717. The Kier molecular flexibility index (Phi) is 3.61. The van der Waals surface area contributed by atoms with E-state index in [0.717, 1.165) is 4.90 Å². The largest absolute Gasteiger partial charge is 0.461 e. The summed E-state index contributed by atoms with van der Waals surface area (Å²) in [6, 6.07) is 6.98. The molecule has 9 nitrogen and oxygen atoms in total. The number of carbonyl (C=O) groups is 3. The summed E-state index contributed by atoms with van der Waals surface area (Å²) in [5.41, 5.74) is 0.0687. The van der Waals surface area contributed by atoms with Gasteiger partial charge in [-0.05, 0) is 19.1 Å². The molecule has 0 N–H and O–H groups in total. The van der Waals surface area contributed by atoms with Gasteiger partial charge in [0, 0.05) is 0 Å². The molecular weight excluding hydrogens is 304 g/mol. The lowest BCUT2D eigenvalue weighted by Crippen LogP contribution is -2.36. The Labute approximate surface area is 130 Å². The number of carbonyl (C=O) groups excluding carboxylic acids is 3. The average Bonchev–Trinajstić information content (AvgIpc) is 3.06. The number of fused-ring (bicyclic) bond motifs is 1. The molecule has 9 heteroatoms. The summed E-state index contributed by atoms with van der Waals surface area (Å²) < 4.78 is 4.83. The number of esters is 1. The van der Waals surface area contributed by atoms with Crippen LogP contribution in [0.1, 0.15) is 6.92 Å². The van der Waals surface area contributed by atoms with Crippen LogP contribution in [0.5, 0.6) is 0 Å². The second-order valence-corrected chi connectivity index (χ2v) is 4.88. The summed E-state index contributed by atoms with van der Waals surface area (Å²) in [7, 11) is 0. The van der Waals surface area contributed by atoms with E-state index < -0.39 is 29.7 Å². The van der Waals surface area contributed by atoms with Gasteiger partial charge in [0.2, 0.25) is 5.91 Å². The lowest BCUT2D eigenvalue weighted by Gasteiger charge is -2.16. The third-order valence-electron chi connectivity index (χ3n) is 3.61. The molecule has 0 aliphatic carbocycles. The third-order valence-corrected chi connectivity index (χ3v) is 3.61. The highest BCUT2D eigenvalue weighted by molar-refractivity contribution is 6.46. The van der Waals surface area contributed by atoms with Crippen LogP contribution in [0, 0.1) is 10.8 Å². The molecule has 1 aromatic carbocycles. The lowest BCUT2D eigenvalue weighted by atomic mass is 9.98. The van der Waals surface area contributed by atoms with Gasteiger partial charge in [0.15, 0.2) is 11.8 Å². The molecule has 2 atom stereocenters. The van der Waals surface area contributed by atoms with E-state index in [-0.39, 0.29) is 12.3 Å². The SMILES string of the molecule is CCOC(=O)C1=NN(N=O)[C@@H]2C(=O)N(c3ccccc3)C(=O)[C@@H]12. The van der Waals surface area contributed by atoms with Gasteiger partial charge in [-0.15, -0.1) is 15.1 Å². The van der Waals surface area contributed by atoms with Crippen molar-refractivity contribution < 1.29 is 19.1 Å². The number of para-hydroxylation sites is 1. The molecule has 0 aromatic heterocycles. The van der Waals surface area contributed by atoms with Crippen molar-refractivity contribution in [3.05, 3.63) is 35.2 Å². The predicted molar refractivity (Wildman–Crippen MR) is 77.9 cm³/mol. The molecule has 23 heavy (non-hydrogen) atoms. The number of hydrogen-bond donors (Lipinski definition) is 0. The lowest BCUT2D eigenvalue weighted by molar-refractivity contribution is -0.136. The normalized spacial score (nSPS) is 22.9. The Morgan fingerprint density at radius 1 is 1.26 bits per heavy atom. The molecule has 3 rings (SSSR count). The van der Waals surface area contributed by atoms with E-state index >= 15 is 0 Å². The quantitative estimate of drug-likeness (QED) is 0.453. The summed E-state index contributed by atoms with van der Waals surface area (Å²) in [4.78, 5) is 48.9. The molecule has 1 fully saturated rings. The van der Waals surface area contributed by atoms with Crippen molar-refractivity contribution in [1.29, 1.82) is 0 Å². The van der Waals surface area contributed by atoms with Crippen molar-refractivity contribution in [2.45, 2.75) is 13.0 Å². The summed E-state index contributed by atoms with van der Waals surface area (Å²) >= 11 is 0. The first-order valence-electron chi connectivity index (χ1n) is 6.91. The van der Waals surface area contributed by atoms with Gasteiger partial charge < -0.3 is 4.74 Å². The Morgan fingerprint density at radius 2 is 1.96 bits per heavy atom. The maximum Gasteiger partial charge on any atom is 0.355 e. The van der Waals surface area contributed by atoms with Crippen molar-refractivity contribution in [2.75, 3.05) is 11.5 Å². The van der Waals surface area contributed by atoms with Crippen LogP contribution >= 0.6 is 0 Å². The third kappa shape index (κ3) is 2.17. The van der Waals surface area contributed by atoms with E-state index in [1.807, 2.05) is 0 Å². The van der Waals surface area contributed by atoms with Crippen LogP contribution in [0.15, 0.2) is 40.7 Å². The van der Waals surface area contributed by atoms with E-state index in [9.17, 15) is 19.3 Å². The molecule has 2 amide bonds. The number of hydrazone groups is 1. The van der Waals surface area contributed by atoms with E-state index in [4.69, 9.17) is 4.74 Å². The van der Waals surface area contributed by atoms with Gasteiger partial charge in [-0.1, -0.05) is 18.2 Å². The van der Waals surface area contributed by atoms with Crippen LogP contribution in [-0.4, -0.2) is 41.3 Å². The fraction of sp³-hybridized carbons (Fsp3) is 0.286. The molecule has 1 saturated heterocycles. The number of rotatable bonds is 4. The molecule has 0 unspecified atom stereocenters. The van der Waals surface area contributed by atoms with Crippen molar-refractivity contribution in [2.24, 2.45) is 16.3 Å². The minimum absolute atomic E-state index is 0.0777.